The Bertz CT molecular complexity index is 550. The Hall–Kier alpha value is -1.88. The summed E-state index contributed by atoms with van der Waals surface area (Å²) in [5.41, 5.74) is 1.25. The van der Waals surface area contributed by atoms with Crippen LogP contribution in [0.4, 0.5) is 5.13 Å². The maximum atomic E-state index is 11.9. The molecule has 20 heavy (non-hydrogen) atoms. The van der Waals surface area contributed by atoms with E-state index in [4.69, 9.17) is 4.74 Å². The zero-order valence-corrected chi connectivity index (χ0v) is 12.6. The third kappa shape index (κ3) is 3.81. The van der Waals surface area contributed by atoms with Crippen LogP contribution >= 0.6 is 11.3 Å². The van der Waals surface area contributed by atoms with Crippen molar-refractivity contribution in [1.29, 1.82) is 0 Å². The molecule has 0 aliphatic heterocycles. The van der Waals surface area contributed by atoms with Crippen LogP contribution < -0.4 is 10.1 Å². The molecule has 0 spiro atoms. The number of ether oxygens (including phenoxy) is 1. The van der Waals surface area contributed by atoms with E-state index in [1.807, 2.05) is 29.6 Å². The van der Waals surface area contributed by atoms with Crippen molar-refractivity contribution < 1.29 is 9.53 Å². The van der Waals surface area contributed by atoms with Crippen LogP contribution in [0.5, 0.6) is 5.75 Å². The number of carbonyl (C=O) groups excluding carboxylic acids is 1. The van der Waals surface area contributed by atoms with E-state index in [2.05, 4.69) is 24.1 Å². The van der Waals surface area contributed by atoms with Crippen LogP contribution in [0.2, 0.25) is 0 Å². The summed E-state index contributed by atoms with van der Waals surface area (Å²) in [4.78, 5) is 15.9. The van der Waals surface area contributed by atoms with Gasteiger partial charge in [0.05, 0.1) is 0 Å². The minimum Gasteiger partial charge on any atom is -0.481 e. The Labute approximate surface area is 122 Å². The number of benzene rings is 1. The van der Waals surface area contributed by atoms with Crippen molar-refractivity contribution >= 4 is 22.4 Å². The second-order valence-electron chi connectivity index (χ2n) is 4.81. The van der Waals surface area contributed by atoms with Gasteiger partial charge in [-0.2, -0.15) is 0 Å². The monoisotopic (exact) mass is 290 g/mol. The standard InChI is InChI=1S/C15H18N2O2S/c1-10(2)12-4-6-13(7-5-12)19-11(3)14(18)17-15-16-8-9-20-15/h4-11H,1-3H3,(H,16,17,18). The lowest BCUT2D eigenvalue weighted by molar-refractivity contribution is -0.122. The molecule has 0 saturated carbocycles. The first-order valence-corrected chi connectivity index (χ1v) is 7.41. The molecular weight excluding hydrogens is 272 g/mol. The predicted octanol–water partition coefficient (Wildman–Crippen LogP) is 3.67. The molecule has 1 aromatic carbocycles. The van der Waals surface area contributed by atoms with Gasteiger partial charge in [0.25, 0.3) is 5.91 Å². The van der Waals surface area contributed by atoms with Crippen LogP contribution in [0.1, 0.15) is 32.3 Å². The maximum Gasteiger partial charge on any atom is 0.266 e. The zero-order valence-electron chi connectivity index (χ0n) is 11.8. The summed E-state index contributed by atoms with van der Waals surface area (Å²) in [7, 11) is 0. The first kappa shape index (κ1) is 14.5. The minimum atomic E-state index is -0.566. The second kappa shape index (κ2) is 6.52. The van der Waals surface area contributed by atoms with Gasteiger partial charge in [-0.05, 0) is 30.5 Å². The van der Waals surface area contributed by atoms with Crippen LogP contribution in [-0.2, 0) is 4.79 Å². The number of hydrogen-bond acceptors (Lipinski definition) is 4. The average Bonchev–Trinajstić information content (AvgIpc) is 2.92. The summed E-state index contributed by atoms with van der Waals surface area (Å²) < 4.78 is 5.62. The number of thiazole rings is 1. The van der Waals surface area contributed by atoms with Gasteiger partial charge in [-0.3, -0.25) is 10.1 Å². The normalized spacial score (nSPS) is 12.2. The van der Waals surface area contributed by atoms with Gasteiger partial charge in [0.1, 0.15) is 5.75 Å². The zero-order chi connectivity index (χ0) is 14.5. The Kier molecular flexibility index (Phi) is 4.74. The van der Waals surface area contributed by atoms with E-state index in [0.717, 1.165) is 0 Å². The Balaban J connectivity index is 1.93. The summed E-state index contributed by atoms with van der Waals surface area (Å²) in [6.45, 7) is 6.00. The van der Waals surface area contributed by atoms with Gasteiger partial charge in [-0.15, -0.1) is 11.3 Å². The van der Waals surface area contributed by atoms with Crippen molar-refractivity contribution in [2.75, 3.05) is 5.32 Å². The Morgan fingerprint density at radius 3 is 2.50 bits per heavy atom. The van der Waals surface area contributed by atoms with Gasteiger partial charge in [0, 0.05) is 11.6 Å². The number of anilines is 1. The van der Waals surface area contributed by atoms with Crippen LogP contribution in [0.3, 0.4) is 0 Å². The molecule has 1 atom stereocenters. The summed E-state index contributed by atoms with van der Waals surface area (Å²) in [5.74, 6) is 0.971. The molecule has 0 aliphatic carbocycles. The predicted molar refractivity (Wildman–Crippen MR) is 81.4 cm³/mol. The van der Waals surface area contributed by atoms with Crippen LogP contribution in [0, 0.1) is 0 Å². The molecule has 1 amide bonds. The van der Waals surface area contributed by atoms with E-state index >= 15 is 0 Å². The maximum absolute atomic E-state index is 11.9. The molecule has 0 radical (unpaired) electrons. The van der Waals surface area contributed by atoms with Crippen molar-refractivity contribution in [1.82, 2.24) is 4.98 Å². The molecule has 0 saturated heterocycles. The highest BCUT2D eigenvalue weighted by Crippen LogP contribution is 2.20. The van der Waals surface area contributed by atoms with E-state index in [1.165, 1.54) is 16.9 Å². The number of rotatable bonds is 5. The third-order valence-electron chi connectivity index (χ3n) is 2.89. The first-order chi connectivity index (χ1) is 9.56. The molecule has 2 rings (SSSR count). The minimum absolute atomic E-state index is 0.201. The van der Waals surface area contributed by atoms with Gasteiger partial charge >= 0.3 is 0 Å². The van der Waals surface area contributed by atoms with Crippen molar-refractivity contribution in [3.63, 3.8) is 0 Å². The topological polar surface area (TPSA) is 51.2 Å². The molecule has 106 valence electrons. The first-order valence-electron chi connectivity index (χ1n) is 6.53. The molecule has 0 bridgehead atoms. The highest BCUT2D eigenvalue weighted by atomic mass is 32.1. The molecular formula is C15H18N2O2S. The number of amides is 1. The quantitative estimate of drug-likeness (QED) is 0.914. The SMILES string of the molecule is CC(Oc1ccc(C(C)C)cc1)C(=O)Nc1nccs1. The fraction of sp³-hybridized carbons (Fsp3) is 0.333. The lowest BCUT2D eigenvalue weighted by Gasteiger charge is -2.14. The van der Waals surface area contributed by atoms with E-state index in [0.29, 0.717) is 16.8 Å². The fourth-order valence-electron chi connectivity index (χ4n) is 1.68. The fourth-order valence-corrected chi connectivity index (χ4v) is 2.21. The van der Waals surface area contributed by atoms with Crippen molar-refractivity contribution in [3.05, 3.63) is 41.4 Å². The third-order valence-corrected chi connectivity index (χ3v) is 3.58. The van der Waals surface area contributed by atoms with Crippen molar-refractivity contribution in [2.45, 2.75) is 32.8 Å². The highest BCUT2D eigenvalue weighted by Gasteiger charge is 2.15. The van der Waals surface area contributed by atoms with Gasteiger partial charge in [0.15, 0.2) is 11.2 Å². The molecule has 4 nitrogen and oxygen atoms in total. The highest BCUT2D eigenvalue weighted by molar-refractivity contribution is 7.13. The van der Waals surface area contributed by atoms with Crippen LogP contribution in [-0.4, -0.2) is 17.0 Å². The number of nitrogens with zero attached hydrogens (tertiary/aromatic N) is 1. The summed E-state index contributed by atoms with van der Waals surface area (Å²) in [6, 6.07) is 7.82. The molecule has 0 fully saturated rings. The summed E-state index contributed by atoms with van der Waals surface area (Å²) in [5, 5.41) is 5.11. The second-order valence-corrected chi connectivity index (χ2v) is 5.70. The Morgan fingerprint density at radius 2 is 1.95 bits per heavy atom. The number of nitrogens with one attached hydrogen (secondary N) is 1. The molecule has 2 aromatic rings. The van der Waals surface area contributed by atoms with E-state index in [-0.39, 0.29) is 5.91 Å². The van der Waals surface area contributed by atoms with Crippen molar-refractivity contribution in [3.8, 4) is 5.75 Å². The van der Waals surface area contributed by atoms with Gasteiger partial charge in [0.2, 0.25) is 0 Å². The average molecular weight is 290 g/mol. The largest absolute Gasteiger partial charge is 0.481 e. The van der Waals surface area contributed by atoms with Crippen molar-refractivity contribution in [2.24, 2.45) is 0 Å². The van der Waals surface area contributed by atoms with Crippen LogP contribution in [0.25, 0.3) is 0 Å². The number of hydrogen-bond donors (Lipinski definition) is 1. The van der Waals surface area contributed by atoms with Gasteiger partial charge in [-0.1, -0.05) is 26.0 Å². The van der Waals surface area contributed by atoms with E-state index in [9.17, 15) is 4.79 Å². The molecule has 0 aliphatic rings. The summed E-state index contributed by atoms with van der Waals surface area (Å²) in [6.07, 6.45) is 1.08. The lowest BCUT2D eigenvalue weighted by atomic mass is 10.0. The number of carbonyl (C=O) groups is 1. The lowest BCUT2D eigenvalue weighted by Crippen LogP contribution is -2.30. The smallest absolute Gasteiger partial charge is 0.266 e. The van der Waals surface area contributed by atoms with E-state index in [1.54, 1.807) is 13.1 Å². The summed E-state index contributed by atoms with van der Waals surface area (Å²) >= 11 is 1.38. The van der Waals surface area contributed by atoms with Gasteiger partial charge in [-0.25, -0.2) is 4.98 Å². The molecule has 1 aromatic heterocycles. The van der Waals surface area contributed by atoms with Crippen LogP contribution in [0.15, 0.2) is 35.8 Å². The Morgan fingerprint density at radius 1 is 1.25 bits per heavy atom. The van der Waals surface area contributed by atoms with Gasteiger partial charge < -0.3 is 4.74 Å². The van der Waals surface area contributed by atoms with E-state index < -0.39 is 6.10 Å². The number of aromatic nitrogens is 1. The molecule has 1 N–H and O–H groups in total. The molecule has 1 heterocycles. The molecule has 1 unspecified atom stereocenters. The molecule has 5 heteroatoms.